The maximum Gasteiger partial charge on any atom is 0.433 e. The molecule has 1 amide bonds. The quantitative estimate of drug-likeness (QED) is 0.554. The van der Waals surface area contributed by atoms with Crippen LogP contribution in [0.25, 0.3) is 0 Å². The van der Waals surface area contributed by atoms with Crippen molar-refractivity contribution in [2.24, 2.45) is 5.92 Å². The molecule has 1 atom stereocenters. The first kappa shape index (κ1) is 25.0. The minimum Gasteiger partial charge on any atom is -0.311 e. The molecule has 12 heteroatoms. The summed E-state index contributed by atoms with van der Waals surface area (Å²) in [4.78, 5) is 16.8. The summed E-state index contributed by atoms with van der Waals surface area (Å²) in [5.41, 5.74) is -2.06. The van der Waals surface area contributed by atoms with Crippen LogP contribution in [0.3, 0.4) is 0 Å². The third-order valence-corrected chi connectivity index (χ3v) is 8.51. The van der Waals surface area contributed by atoms with Crippen LogP contribution in [0, 0.1) is 5.92 Å². The fourth-order valence-corrected chi connectivity index (χ4v) is 5.56. The Kier molecular flexibility index (Phi) is 6.29. The standard InChI is InChI=1S/C21H20F6N2O3S/c1-19(2,33(31,32)16-5-3-4-14(10-16)20(22,23)24)13-8-9-29(18(30)11-13)15-6-7-17(28-12-15)21(25,26)27/h3-7,10,12-13H,8-9,11H2,1-2H3/t13-/m0/s1. The number of amides is 1. The molecule has 1 fully saturated rings. The van der Waals surface area contributed by atoms with Crippen molar-refractivity contribution < 1.29 is 39.6 Å². The van der Waals surface area contributed by atoms with Crippen molar-refractivity contribution in [2.45, 2.75) is 48.7 Å². The number of sulfone groups is 1. The highest BCUT2D eigenvalue weighted by Crippen LogP contribution is 2.40. The highest BCUT2D eigenvalue weighted by Gasteiger charge is 2.46. The minimum atomic E-state index is -4.72. The molecule has 1 aromatic carbocycles. The molecule has 1 aliphatic rings. The average Bonchev–Trinajstić information content (AvgIpc) is 2.72. The van der Waals surface area contributed by atoms with Crippen molar-refractivity contribution in [3.05, 3.63) is 53.9 Å². The van der Waals surface area contributed by atoms with Crippen LogP contribution >= 0.6 is 0 Å². The summed E-state index contributed by atoms with van der Waals surface area (Å²) in [6, 6.07) is 5.29. The molecule has 1 aromatic heterocycles. The summed E-state index contributed by atoms with van der Waals surface area (Å²) < 4.78 is 102. The molecule has 3 rings (SSSR count). The van der Waals surface area contributed by atoms with Crippen LogP contribution in [0.2, 0.25) is 0 Å². The maximum atomic E-state index is 13.2. The number of nitrogens with zero attached hydrogens (tertiary/aromatic N) is 2. The summed E-state index contributed by atoms with van der Waals surface area (Å²) in [7, 11) is -4.26. The van der Waals surface area contributed by atoms with Gasteiger partial charge < -0.3 is 4.90 Å². The van der Waals surface area contributed by atoms with Crippen LogP contribution in [-0.4, -0.2) is 30.6 Å². The van der Waals surface area contributed by atoms with Gasteiger partial charge in [-0.05, 0) is 56.5 Å². The lowest BCUT2D eigenvalue weighted by molar-refractivity contribution is -0.141. The fraction of sp³-hybridized carbons (Fsp3) is 0.429. The van der Waals surface area contributed by atoms with Gasteiger partial charge in [0.25, 0.3) is 0 Å². The Labute approximate surface area is 186 Å². The molecular weight excluding hydrogens is 474 g/mol. The van der Waals surface area contributed by atoms with E-state index in [1.54, 1.807) is 0 Å². The van der Waals surface area contributed by atoms with E-state index >= 15 is 0 Å². The van der Waals surface area contributed by atoms with Gasteiger partial charge in [-0.1, -0.05) is 6.07 Å². The first-order chi connectivity index (χ1) is 15.0. The second-order valence-electron chi connectivity index (χ2n) is 8.27. The second-order valence-corrected chi connectivity index (χ2v) is 10.8. The smallest absolute Gasteiger partial charge is 0.311 e. The Balaban J connectivity index is 1.82. The van der Waals surface area contributed by atoms with Crippen molar-refractivity contribution in [3.8, 4) is 0 Å². The number of carbonyl (C=O) groups excluding carboxylic acids is 1. The topological polar surface area (TPSA) is 67.3 Å². The van der Waals surface area contributed by atoms with E-state index in [1.807, 2.05) is 0 Å². The van der Waals surface area contributed by atoms with Gasteiger partial charge in [0.1, 0.15) is 5.69 Å². The Morgan fingerprint density at radius 3 is 2.18 bits per heavy atom. The van der Waals surface area contributed by atoms with Crippen molar-refractivity contribution in [1.29, 1.82) is 0 Å². The van der Waals surface area contributed by atoms with E-state index in [0.29, 0.717) is 6.07 Å². The number of halogens is 6. The lowest BCUT2D eigenvalue weighted by Crippen LogP contribution is -2.48. The zero-order chi connectivity index (χ0) is 24.8. The number of piperidine rings is 1. The van der Waals surface area contributed by atoms with Crippen LogP contribution in [0.5, 0.6) is 0 Å². The first-order valence-electron chi connectivity index (χ1n) is 9.80. The highest BCUT2D eigenvalue weighted by molar-refractivity contribution is 7.92. The summed E-state index contributed by atoms with van der Waals surface area (Å²) in [5.74, 6) is -1.23. The lowest BCUT2D eigenvalue weighted by atomic mass is 9.85. The predicted octanol–water partition coefficient (Wildman–Crippen LogP) is 5.11. The van der Waals surface area contributed by atoms with E-state index in [-0.39, 0.29) is 25.1 Å². The SMILES string of the molecule is CC(C)([C@H]1CCN(c2ccc(C(F)(F)F)nc2)C(=O)C1)S(=O)(=O)c1cccc(C(F)(F)F)c1. The van der Waals surface area contributed by atoms with Gasteiger partial charge >= 0.3 is 12.4 Å². The van der Waals surface area contributed by atoms with Gasteiger partial charge in [-0.3, -0.25) is 4.79 Å². The number of aromatic nitrogens is 1. The maximum absolute atomic E-state index is 13.2. The van der Waals surface area contributed by atoms with Crippen LogP contribution in [0.15, 0.2) is 47.5 Å². The molecule has 0 aliphatic carbocycles. The Morgan fingerprint density at radius 2 is 1.67 bits per heavy atom. The van der Waals surface area contributed by atoms with Crippen LogP contribution in [0.1, 0.15) is 37.9 Å². The molecule has 2 aromatic rings. The molecule has 2 heterocycles. The van der Waals surface area contributed by atoms with Crippen LogP contribution < -0.4 is 4.90 Å². The number of hydrogen-bond acceptors (Lipinski definition) is 4. The second kappa shape index (κ2) is 8.30. The van der Waals surface area contributed by atoms with Crippen molar-refractivity contribution in [1.82, 2.24) is 4.98 Å². The normalized spacial score (nSPS) is 18.5. The van der Waals surface area contributed by atoms with Gasteiger partial charge in [0, 0.05) is 13.0 Å². The third kappa shape index (κ3) is 4.85. The van der Waals surface area contributed by atoms with Gasteiger partial charge in [-0.15, -0.1) is 0 Å². The molecule has 180 valence electrons. The molecule has 1 saturated heterocycles. The zero-order valence-corrected chi connectivity index (χ0v) is 18.4. The zero-order valence-electron chi connectivity index (χ0n) is 17.5. The molecule has 0 N–H and O–H groups in total. The highest BCUT2D eigenvalue weighted by atomic mass is 32.2. The fourth-order valence-electron chi connectivity index (χ4n) is 3.78. The number of benzene rings is 1. The van der Waals surface area contributed by atoms with E-state index < -0.39 is 54.9 Å². The summed E-state index contributed by atoms with van der Waals surface area (Å²) in [6.07, 6.45) is -8.49. The summed E-state index contributed by atoms with van der Waals surface area (Å²) in [5, 5.41) is 0. The van der Waals surface area contributed by atoms with Gasteiger partial charge in [-0.25, -0.2) is 13.4 Å². The monoisotopic (exact) mass is 494 g/mol. The van der Waals surface area contributed by atoms with Crippen LogP contribution in [0.4, 0.5) is 32.0 Å². The van der Waals surface area contributed by atoms with E-state index in [4.69, 9.17) is 0 Å². The van der Waals surface area contributed by atoms with E-state index in [1.165, 1.54) is 18.7 Å². The van der Waals surface area contributed by atoms with Gasteiger partial charge in [0.2, 0.25) is 5.91 Å². The predicted molar refractivity (Wildman–Crippen MR) is 107 cm³/mol. The Bertz CT molecular complexity index is 1140. The summed E-state index contributed by atoms with van der Waals surface area (Å²) >= 11 is 0. The van der Waals surface area contributed by atoms with E-state index in [2.05, 4.69) is 4.98 Å². The molecule has 1 aliphatic heterocycles. The minimum absolute atomic E-state index is 0.0259. The molecule has 5 nitrogen and oxygen atoms in total. The van der Waals surface area contributed by atoms with E-state index in [0.717, 1.165) is 36.5 Å². The summed E-state index contributed by atoms with van der Waals surface area (Å²) in [6.45, 7) is 2.74. The van der Waals surface area contributed by atoms with Crippen molar-refractivity contribution >= 4 is 21.4 Å². The number of alkyl halides is 6. The van der Waals surface area contributed by atoms with Gasteiger partial charge in [0.15, 0.2) is 9.84 Å². The molecule has 0 radical (unpaired) electrons. The number of hydrogen-bond donors (Lipinski definition) is 0. The van der Waals surface area contributed by atoms with Gasteiger partial charge in [-0.2, -0.15) is 26.3 Å². The molecule has 0 bridgehead atoms. The number of rotatable bonds is 4. The lowest BCUT2D eigenvalue weighted by Gasteiger charge is -2.39. The number of carbonyl (C=O) groups is 1. The molecule has 0 unspecified atom stereocenters. The molecule has 33 heavy (non-hydrogen) atoms. The first-order valence-corrected chi connectivity index (χ1v) is 11.3. The largest absolute Gasteiger partial charge is 0.433 e. The number of pyridine rings is 1. The Morgan fingerprint density at radius 1 is 1.00 bits per heavy atom. The van der Waals surface area contributed by atoms with E-state index in [9.17, 15) is 39.6 Å². The molecule has 0 spiro atoms. The van der Waals surface area contributed by atoms with Crippen LogP contribution in [-0.2, 0) is 27.0 Å². The Hall–Kier alpha value is -2.63. The molecule has 0 saturated carbocycles. The van der Waals surface area contributed by atoms with Gasteiger partial charge in [0.05, 0.1) is 27.1 Å². The molecular formula is C21H20F6N2O3S. The van der Waals surface area contributed by atoms with Crippen molar-refractivity contribution in [3.63, 3.8) is 0 Å². The average molecular weight is 494 g/mol. The number of anilines is 1. The van der Waals surface area contributed by atoms with Crippen molar-refractivity contribution in [2.75, 3.05) is 11.4 Å². The third-order valence-electron chi connectivity index (χ3n) is 5.92.